The van der Waals surface area contributed by atoms with Crippen molar-refractivity contribution in [2.24, 2.45) is 5.41 Å². The van der Waals surface area contributed by atoms with Crippen LogP contribution in [0.1, 0.15) is 54.4 Å². The lowest BCUT2D eigenvalue weighted by Crippen LogP contribution is -2.39. The molecule has 0 radical (unpaired) electrons. The summed E-state index contributed by atoms with van der Waals surface area (Å²) in [6, 6.07) is 0. The highest BCUT2D eigenvalue weighted by molar-refractivity contribution is 6.04. The van der Waals surface area contributed by atoms with E-state index in [1.54, 1.807) is 33.1 Å². The van der Waals surface area contributed by atoms with Crippen LogP contribution in [0.15, 0.2) is 59.8 Å². The Morgan fingerprint density at radius 2 is 1.94 bits per heavy atom. The van der Waals surface area contributed by atoms with Gasteiger partial charge < -0.3 is 19.7 Å². The number of rotatable bonds is 7. The van der Waals surface area contributed by atoms with E-state index in [-0.39, 0.29) is 5.57 Å². The summed E-state index contributed by atoms with van der Waals surface area (Å²) in [7, 11) is 1.64. The molecule has 0 bridgehead atoms. The minimum atomic E-state index is -1.63. The van der Waals surface area contributed by atoms with Crippen molar-refractivity contribution >= 4 is 11.8 Å². The summed E-state index contributed by atoms with van der Waals surface area (Å²) in [5.74, 6) is -0.977. The van der Waals surface area contributed by atoms with Gasteiger partial charge in [0.1, 0.15) is 5.60 Å². The van der Waals surface area contributed by atoms with Crippen molar-refractivity contribution in [3.8, 4) is 0 Å². The zero-order valence-electron chi connectivity index (χ0n) is 20.3. The number of hydrogen-bond acceptors (Lipinski definition) is 6. The van der Waals surface area contributed by atoms with Crippen LogP contribution in [-0.4, -0.2) is 53.0 Å². The van der Waals surface area contributed by atoms with Crippen molar-refractivity contribution in [3.63, 3.8) is 0 Å². The SMILES string of the molecule is COC(C)(C)/C=C/C[C@]1(C)/C=C/[C@@H](OC(=O)C=C(C)C)[C@](C)(O)/C=C/C(=O)/C(CO)=C\C1. The summed E-state index contributed by atoms with van der Waals surface area (Å²) in [4.78, 5) is 24.8. The van der Waals surface area contributed by atoms with Crippen molar-refractivity contribution in [1.82, 2.24) is 0 Å². The molecule has 0 aromatic heterocycles. The maximum Gasteiger partial charge on any atom is 0.331 e. The molecule has 3 atom stereocenters. The van der Waals surface area contributed by atoms with Gasteiger partial charge in [-0.25, -0.2) is 4.79 Å². The second-order valence-electron chi connectivity index (χ2n) is 9.52. The van der Waals surface area contributed by atoms with Gasteiger partial charge in [0, 0.05) is 18.8 Å². The van der Waals surface area contributed by atoms with Gasteiger partial charge in [-0.3, -0.25) is 4.79 Å². The molecule has 1 aliphatic rings. The van der Waals surface area contributed by atoms with Crippen LogP contribution in [0, 0.1) is 5.41 Å². The highest BCUT2D eigenvalue weighted by atomic mass is 16.6. The summed E-state index contributed by atoms with van der Waals surface area (Å²) in [6.45, 7) is 10.5. The molecule has 6 nitrogen and oxygen atoms in total. The molecule has 6 heteroatoms. The first kappa shape index (κ1) is 27.8. The van der Waals surface area contributed by atoms with Crippen LogP contribution >= 0.6 is 0 Å². The van der Waals surface area contributed by atoms with E-state index in [4.69, 9.17) is 9.47 Å². The largest absolute Gasteiger partial charge is 0.452 e. The van der Waals surface area contributed by atoms with Gasteiger partial charge >= 0.3 is 5.97 Å². The molecule has 0 saturated carbocycles. The molecular weight excluding hydrogens is 408 g/mol. The second kappa shape index (κ2) is 11.5. The van der Waals surface area contributed by atoms with E-state index in [1.165, 1.54) is 25.2 Å². The molecule has 32 heavy (non-hydrogen) atoms. The average Bonchev–Trinajstić information content (AvgIpc) is 2.70. The summed E-state index contributed by atoms with van der Waals surface area (Å²) in [6.07, 6.45) is 13.2. The number of ketones is 1. The van der Waals surface area contributed by atoms with E-state index in [9.17, 15) is 19.8 Å². The molecule has 0 aromatic rings. The molecule has 0 amide bonds. The first-order chi connectivity index (χ1) is 14.7. The highest BCUT2D eigenvalue weighted by Crippen LogP contribution is 2.32. The Balaban J connectivity index is 3.41. The lowest BCUT2D eigenvalue weighted by atomic mass is 9.81. The zero-order valence-corrected chi connectivity index (χ0v) is 20.3. The number of aliphatic hydroxyl groups is 2. The summed E-state index contributed by atoms with van der Waals surface area (Å²) >= 11 is 0. The van der Waals surface area contributed by atoms with Crippen LogP contribution in [0.3, 0.4) is 0 Å². The number of hydrogen-bond donors (Lipinski definition) is 2. The minimum Gasteiger partial charge on any atom is -0.452 e. The van der Waals surface area contributed by atoms with E-state index in [1.807, 2.05) is 39.0 Å². The van der Waals surface area contributed by atoms with E-state index in [0.717, 1.165) is 5.57 Å². The normalized spacial score (nSPS) is 30.7. The number of ether oxygens (including phenoxy) is 2. The quantitative estimate of drug-likeness (QED) is 0.349. The van der Waals surface area contributed by atoms with Crippen LogP contribution in [0.4, 0.5) is 0 Å². The number of allylic oxidation sites excluding steroid dienone is 5. The molecule has 1 aliphatic carbocycles. The van der Waals surface area contributed by atoms with Gasteiger partial charge in [0.25, 0.3) is 0 Å². The summed E-state index contributed by atoms with van der Waals surface area (Å²) in [5.41, 5.74) is -1.50. The molecule has 0 heterocycles. The van der Waals surface area contributed by atoms with E-state index >= 15 is 0 Å². The number of carbonyl (C=O) groups is 2. The second-order valence-corrected chi connectivity index (χ2v) is 9.52. The van der Waals surface area contributed by atoms with E-state index in [0.29, 0.717) is 12.8 Å². The van der Waals surface area contributed by atoms with Gasteiger partial charge in [-0.2, -0.15) is 0 Å². The summed E-state index contributed by atoms with van der Waals surface area (Å²) < 4.78 is 11.0. The fourth-order valence-corrected chi connectivity index (χ4v) is 3.01. The first-order valence-corrected chi connectivity index (χ1v) is 10.8. The van der Waals surface area contributed by atoms with Crippen LogP contribution in [0.25, 0.3) is 0 Å². The van der Waals surface area contributed by atoms with Gasteiger partial charge in [0.15, 0.2) is 11.9 Å². The fraction of sp³-hybridized carbons (Fsp3) is 0.538. The van der Waals surface area contributed by atoms with Crippen molar-refractivity contribution in [3.05, 3.63) is 59.8 Å². The predicted molar refractivity (Wildman–Crippen MR) is 126 cm³/mol. The molecule has 178 valence electrons. The molecule has 0 saturated heterocycles. The minimum absolute atomic E-state index is 0.248. The van der Waals surface area contributed by atoms with Gasteiger partial charge in [0.2, 0.25) is 0 Å². The molecule has 0 spiro atoms. The van der Waals surface area contributed by atoms with Crippen molar-refractivity contribution in [2.75, 3.05) is 13.7 Å². The van der Waals surface area contributed by atoms with E-state index < -0.39 is 41.1 Å². The Hall–Kier alpha value is -2.28. The van der Waals surface area contributed by atoms with Gasteiger partial charge in [0.05, 0.1) is 12.2 Å². The third kappa shape index (κ3) is 9.07. The maximum atomic E-state index is 12.5. The Labute approximate surface area is 192 Å². The monoisotopic (exact) mass is 446 g/mol. The Morgan fingerprint density at radius 3 is 2.50 bits per heavy atom. The lowest BCUT2D eigenvalue weighted by Gasteiger charge is -2.29. The topological polar surface area (TPSA) is 93.1 Å². The van der Waals surface area contributed by atoms with Crippen molar-refractivity contribution in [2.45, 2.75) is 71.7 Å². The zero-order chi connectivity index (χ0) is 24.6. The van der Waals surface area contributed by atoms with Crippen LogP contribution < -0.4 is 0 Å². The van der Waals surface area contributed by atoms with E-state index in [2.05, 4.69) is 0 Å². The molecule has 0 aromatic carbocycles. The number of carbonyl (C=O) groups excluding carboxylic acids is 2. The Morgan fingerprint density at radius 1 is 1.28 bits per heavy atom. The number of methoxy groups -OCH3 is 1. The number of esters is 1. The molecule has 2 N–H and O–H groups in total. The van der Waals surface area contributed by atoms with Crippen LogP contribution in [-0.2, 0) is 19.1 Å². The molecule has 0 fully saturated rings. The highest BCUT2D eigenvalue weighted by Gasteiger charge is 2.32. The van der Waals surface area contributed by atoms with Crippen molar-refractivity contribution < 1.29 is 29.3 Å². The maximum absolute atomic E-state index is 12.5. The van der Waals surface area contributed by atoms with Crippen molar-refractivity contribution in [1.29, 1.82) is 0 Å². The van der Waals surface area contributed by atoms with Gasteiger partial charge in [-0.1, -0.05) is 36.8 Å². The molecule has 0 unspecified atom stereocenters. The standard InChI is InChI=1S/C26H38O6/c1-19(2)17-23(29)32-22-11-15-25(5,13-8-12-24(3,4)31-7)14-9-20(18-27)21(28)10-16-26(22,6)30/h8-12,15-17,22,27,30H,13-14,18H2,1-7H3/b12-8+,15-11+,16-10+,20-9-/t22-,25+,26-/m1/s1. The third-order valence-corrected chi connectivity index (χ3v) is 5.40. The number of aliphatic hydroxyl groups excluding tert-OH is 1. The predicted octanol–water partition coefficient (Wildman–Crippen LogP) is 4.00. The Bertz CT molecular complexity index is 821. The lowest BCUT2D eigenvalue weighted by molar-refractivity contribution is -0.148. The third-order valence-electron chi connectivity index (χ3n) is 5.40. The molecular formula is C26H38O6. The smallest absolute Gasteiger partial charge is 0.331 e. The molecule has 0 aliphatic heterocycles. The first-order valence-electron chi connectivity index (χ1n) is 10.8. The van der Waals surface area contributed by atoms with Gasteiger partial charge in [-0.05, 0) is 71.1 Å². The van der Waals surface area contributed by atoms with Crippen LogP contribution in [0.5, 0.6) is 0 Å². The van der Waals surface area contributed by atoms with Gasteiger partial charge in [-0.15, -0.1) is 0 Å². The van der Waals surface area contributed by atoms with Crippen LogP contribution in [0.2, 0.25) is 0 Å². The Kier molecular flexibility index (Phi) is 10.0. The summed E-state index contributed by atoms with van der Waals surface area (Å²) in [5, 5.41) is 20.7. The molecule has 1 rings (SSSR count). The average molecular weight is 447 g/mol. The fourth-order valence-electron chi connectivity index (χ4n) is 3.01.